The van der Waals surface area contributed by atoms with Crippen molar-refractivity contribution in [3.63, 3.8) is 0 Å². The number of hydrogen-bond donors (Lipinski definition) is 2. The highest BCUT2D eigenvalue weighted by molar-refractivity contribution is 7.09. The Hall–Kier alpha value is -1.40. The molecule has 100 valence electrons. The van der Waals surface area contributed by atoms with Gasteiger partial charge in [-0.1, -0.05) is 6.07 Å². The number of carboxylic acids is 1. The van der Waals surface area contributed by atoms with Crippen molar-refractivity contribution in [3.05, 3.63) is 22.4 Å². The molecule has 0 saturated heterocycles. The third kappa shape index (κ3) is 4.12. The van der Waals surface area contributed by atoms with Crippen molar-refractivity contribution in [2.24, 2.45) is 0 Å². The van der Waals surface area contributed by atoms with E-state index < -0.39 is 11.5 Å². The molecule has 0 aliphatic heterocycles. The van der Waals surface area contributed by atoms with Gasteiger partial charge in [-0.3, -0.25) is 4.79 Å². The lowest BCUT2D eigenvalue weighted by atomic mass is 10.0. The Labute approximate surface area is 110 Å². The standard InChI is InChI=1S/C12H17NO4S/c1-12(8-17-2,11(15)16)13-10(14)6-5-9-4-3-7-18-9/h3-4,7H,5-6,8H2,1-2H3,(H,13,14)(H,15,16). The first-order chi connectivity index (χ1) is 8.48. The summed E-state index contributed by atoms with van der Waals surface area (Å²) < 4.78 is 4.83. The Kier molecular flexibility index (Phi) is 5.30. The van der Waals surface area contributed by atoms with Gasteiger partial charge in [0.1, 0.15) is 0 Å². The molecule has 6 heteroatoms. The number of carboxylic acid groups (broad SMARTS) is 1. The number of amides is 1. The van der Waals surface area contributed by atoms with Gasteiger partial charge in [-0.15, -0.1) is 11.3 Å². The second-order valence-corrected chi connectivity index (χ2v) is 5.23. The van der Waals surface area contributed by atoms with Gasteiger partial charge >= 0.3 is 5.97 Å². The Balaban J connectivity index is 2.49. The molecule has 0 fully saturated rings. The van der Waals surface area contributed by atoms with Crippen molar-refractivity contribution >= 4 is 23.2 Å². The minimum absolute atomic E-state index is 0.0624. The van der Waals surface area contributed by atoms with Gasteiger partial charge in [-0.2, -0.15) is 0 Å². The number of rotatable bonds is 7. The zero-order valence-electron chi connectivity index (χ0n) is 10.4. The number of aliphatic carboxylic acids is 1. The fraction of sp³-hybridized carbons (Fsp3) is 0.500. The van der Waals surface area contributed by atoms with E-state index in [0.29, 0.717) is 6.42 Å². The van der Waals surface area contributed by atoms with Crippen molar-refractivity contribution in [2.45, 2.75) is 25.3 Å². The SMILES string of the molecule is COCC(C)(NC(=O)CCc1cccs1)C(=O)O. The van der Waals surface area contributed by atoms with E-state index in [1.807, 2.05) is 17.5 Å². The van der Waals surface area contributed by atoms with E-state index in [1.54, 1.807) is 11.3 Å². The number of ether oxygens (including phenoxy) is 1. The molecule has 1 unspecified atom stereocenters. The first-order valence-electron chi connectivity index (χ1n) is 5.53. The first-order valence-corrected chi connectivity index (χ1v) is 6.41. The van der Waals surface area contributed by atoms with Crippen LogP contribution in [-0.2, 0) is 20.7 Å². The molecule has 0 aliphatic rings. The van der Waals surface area contributed by atoms with Crippen LogP contribution in [0, 0.1) is 0 Å². The zero-order chi connectivity index (χ0) is 13.6. The lowest BCUT2D eigenvalue weighted by molar-refractivity contribution is -0.149. The smallest absolute Gasteiger partial charge is 0.331 e. The quantitative estimate of drug-likeness (QED) is 0.783. The largest absolute Gasteiger partial charge is 0.479 e. The zero-order valence-corrected chi connectivity index (χ0v) is 11.3. The van der Waals surface area contributed by atoms with Crippen LogP contribution in [0.3, 0.4) is 0 Å². The van der Waals surface area contributed by atoms with Gasteiger partial charge < -0.3 is 15.2 Å². The average molecular weight is 271 g/mol. The second-order valence-electron chi connectivity index (χ2n) is 4.20. The molecule has 0 radical (unpaired) electrons. The number of carbonyl (C=O) groups excluding carboxylic acids is 1. The number of methoxy groups -OCH3 is 1. The van der Waals surface area contributed by atoms with E-state index in [2.05, 4.69) is 5.32 Å². The molecule has 0 saturated carbocycles. The maximum atomic E-state index is 11.7. The van der Waals surface area contributed by atoms with Gasteiger partial charge in [0.15, 0.2) is 5.54 Å². The Morgan fingerprint density at radius 1 is 1.56 bits per heavy atom. The van der Waals surface area contributed by atoms with Crippen molar-refractivity contribution in [2.75, 3.05) is 13.7 Å². The molecule has 1 aromatic rings. The van der Waals surface area contributed by atoms with Crippen molar-refractivity contribution in [3.8, 4) is 0 Å². The van der Waals surface area contributed by atoms with Crippen molar-refractivity contribution < 1.29 is 19.4 Å². The summed E-state index contributed by atoms with van der Waals surface area (Å²) in [7, 11) is 1.40. The van der Waals surface area contributed by atoms with Crippen LogP contribution < -0.4 is 5.32 Å². The molecule has 0 aromatic carbocycles. The summed E-state index contributed by atoms with van der Waals surface area (Å²) in [5, 5.41) is 13.5. The summed E-state index contributed by atoms with van der Waals surface area (Å²) in [5.74, 6) is -1.39. The molecular formula is C12H17NO4S. The molecule has 0 spiro atoms. The van der Waals surface area contributed by atoms with Gasteiger partial charge in [0.05, 0.1) is 6.61 Å². The van der Waals surface area contributed by atoms with Crippen molar-refractivity contribution in [1.82, 2.24) is 5.32 Å². The summed E-state index contributed by atoms with van der Waals surface area (Å²) >= 11 is 1.58. The molecule has 2 N–H and O–H groups in total. The third-order valence-corrected chi connectivity index (χ3v) is 3.44. The van der Waals surface area contributed by atoms with E-state index in [1.165, 1.54) is 14.0 Å². The molecule has 5 nitrogen and oxygen atoms in total. The van der Waals surface area contributed by atoms with E-state index >= 15 is 0 Å². The molecule has 1 heterocycles. The molecule has 1 atom stereocenters. The van der Waals surface area contributed by atoms with Gasteiger partial charge in [0.2, 0.25) is 5.91 Å². The van der Waals surface area contributed by atoms with Crippen LogP contribution in [0.2, 0.25) is 0 Å². The normalized spacial score (nSPS) is 13.9. The topological polar surface area (TPSA) is 75.6 Å². The molecule has 1 aromatic heterocycles. The summed E-state index contributed by atoms with van der Waals surface area (Å²) in [6, 6.07) is 3.87. The Morgan fingerprint density at radius 2 is 2.28 bits per heavy atom. The first kappa shape index (κ1) is 14.7. The summed E-state index contributed by atoms with van der Waals surface area (Å²) in [5.41, 5.74) is -1.37. The molecule has 0 bridgehead atoms. The molecule has 1 amide bonds. The van der Waals surface area contributed by atoms with Crippen LogP contribution in [0.25, 0.3) is 0 Å². The van der Waals surface area contributed by atoms with Crippen LogP contribution in [0.15, 0.2) is 17.5 Å². The van der Waals surface area contributed by atoms with Gasteiger partial charge in [-0.05, 0) is 24.8 Å². The van der Waals surface area contributed by atoms with E-state index in [-0.39, 0.29) is 18.9 Å². The molecule has 0 aliphatic carbocycles. The van der Waals surface area contributed by atoms with Gasteiger partial charge in [-0.25, -0.2) is 4.79 Å². The summed E-state index contributed by atoms with van der Waals surface area (Å²) in [4.78, 5) is 23.9. The number of carbonyl (C=O) groups is 2. The van der Waals surface area contributed by atoms with Gasteiger partial charge in [0.25, 0.3) is 0 Å². The van der Waals surface area contributed by atoms with Crippen LogP contribution in [0.4, 0.5) is 0 Å². The Morgan fingerprint density at radius 3 is 2.78 bits per heavy atom. The molecule has 18 heavy (non-hydrogen) atoms. The fourth-order valence-corrected chi connectivity index (χ4v) is 2.21. The highest BCUT2D eigenvalue weighted by Gasteiger charge is 2.34. The lowest BCUT2D eigenvalue weighted by Crippen LogP contribution is -2.55. The van der Waals surface area contributed by atoms with E-state index in [4.69, 9.17) is 9.84 Å². The fourth-order valence-electron chi connectivity index (χ4n) is 1.50. The average Bonchev–Trinajstić information content (AvgIpc) is 2.79. The minimum atomic E-state index is -1.37. The summed E-state index contributed by atoms with van der Waals surface area (Å²) in [6.07, 6.45) is 0.888. The Bertz CT molecular complexity index is 404. The van der Waals surface area contributed by atoms with E-state index in [0.717, 1.165) is 4.88 Å². The lowest BCUT2D eigenvalue weighted by Gasteiger charge is -2.25. The monoisotopic (exact) mass is 271 g/mol. The van der Waals surface area contributed by atoms with Crippen molar-refractivity contribution in [1.29, 1.82) is 0 Å². The second kappa shape index (κ2) is 6.51. The molecule has 1 rings (SSSR count). The number of hydrogen-bond acceptors (Lipinski definition) is 4. The number of thiophene rings is 1. The minimum Gasteiger partial charge on any atom is -0.479 e. The maximum absolute atomic E-state index is 11.7. The predicted molar refractivity (Wildman–Crippen MR) is 68.7 cm³/mol. The highest BCUT2D eigenvalue weighted by Crippen LogP contribution is 2.11. The van der Waals surface area contributed by atoms with Crippen LogP contribution in [0.1, 0.15) is 18.2 Å². The maximum Gasteiger partial charge on any atom is 0.331 e. The van der Waals surface area contributed by atoms with E-state index in [9.17, 15) is 9.59 Å². The highest BCUT2D eigenvalue weighted by atomic mass is 32.1. The molecular weight excluding hydrogens is 254 g/mol. The third-order valence-electron chi connectivity index (χ3n) is 2.50. The predicted octanol–water partition coefficient (Wildman–Crippen LogP) is 1.29. The van der Waals surface area contributed by atoms with Crippen LogP contribution >= 0.6 is 11.3 Å². The number of aryl methyl sites for hydroxylation is 1. The summed E-state index contributed by atoms with van der Waals surface area (Å²) in [6.45, 7) is 1.37. The van der Waals surface area contributed by atoms with Crippen LogP contribution in [0.5, 0.6) is 0 Å². The van der Waals surface area contributed by atoms with Crippen LogP contribution in [-0.4, -0.2) is 36.2 Å². The van der Waals surface area contributed by atoms with Gasteiger partial charge in [0, 0.05) is 18.4 Å². The number of nitrogens with one attached hydrogen (secondary N) is 1.